The van der Waals surface area contributed by atoms with Gasteiger partial charge < -0.3 is 4.74 Å². The summed E-state index contributed by atoms with van der Waals surface area (Å²) in [7, 11) is 0. The van der Waals surface area contributed by atoms with Gasteiger partial charge in [0.2, 0.25) is 5.91 Å². The van der Waals surface area contributed by atoms with E-state index in [9.17, 15) is 4.79 Å². The van der Waals surface area contributed by atoms with Crippen LogP contribution in [0, 0.1) is 6.92 Å². The molecule has 1 aromatic carbocycles. The average Bonchev–Trinajstić information content (AvgIpc) is 2.23. The number of rotatable bonds is 4. The summed E-state index contributed by atoms with van der Waals surface area (Å²) in [6.45, 7) is 2.27. The van der Waals surface area contributed by atoms with Crippen LogP contribution in [0.25, 0.3) is 0 Å². The first-order chi connectivity index (χ1) is 7.13. The molecule has 1 amide bonds. The molecule has 0 heterocycles. The summed E-state index contributed by atoms with van der Waals surface area (Å²) in [6, 6.07) is 5.76. The Bertz CT molecular complexity index is 355. The van der Waals surface area contributed by atoms with Crippen LogP contribution in [-0.2, 0) is 4.79 Å². The van der Waals surface area contributed by atoms with Crippen LogP contribution in [-0.4, -0.2) is 12.5 Å². The standard InChI is InChI=1S/C10H13BrN2O2/c1-7-2-3-8(11)6-9(7)15-5-4-10(14)13-12/h2-3,6H,4-5,12H2,1H3,(H,13,14). The summed E-state index contributed by atoms with van der Waals surface area (Å²) >= 11 is 3.35. The molecule has 0 aromatic heterocycles. The number of benzene rings is 1. The maximum absolute atomic E-state index is 10.8. The van der Waals surface area contributed by atoms with Crippen LogP contribution in [0.4, 0.5) is 0 Å². The van der Waals surface area contributed by atoms with E-state index in [-0.39, 0.29) is 12.3 Å². The van der Waals surface area contributed by atoms with Gasteiger partial charge in [-0.15, -0.1) is 0 Å². The van der Waals surface area contributed by atoms with Gasteiger partial charge in [0.15, 0.2) is 0 Å². The van der Waals surface area contributed by atoms with E-state index in [2.05, 4.69) is 15.9 Å². The van der Waals surface area contributed by atoms with Crippen molar-refractivity contribution in [3.63, 3.8) is 0 Å². The number of carbonyl (C=O) groups excluding carboxylic acids is 1. The minimum Gasteiger partial charge on any atom is -0.493 e. The molecule has 0 saturated heterocycles. The van der Waals surface area contributed by atoms with Crippen LogP contribution in [0.5, 0.6) is 5.75 Å². The fraction of sp³-hybridized carbons (Fsp3) is 0.300. The Hall–Kier alpha value is -1.07. The van der Waals surface area contributed by atoms with E-state index >= 15 is 0 Å². The van der Waals surface area contributed by atoms with Gasteiger partial charge in [-0.05, 0) is 24.6 Å². The Balaban J connectivity index is 2.50. The smallest absolute Gasteiger partial charge is 0.237 e. The van der Waals surface area contributed by atoms with Crippen molar-refractivity contribution < 1.29 is 9.53 Å². The molecule has 0 unspecified atom stereocenters. The van der Waals surface area contributed by atoms with E-state index in [1.54, 1.807) is 0 Å². The van der Waals surface area contributed by atoms with Gasteiger partial charge in [-0.3, -0.25) is 10.2 Å². The highest BCUT2D eigenvalue weighted by atomic mass is 79.9. The fourth-order valence-electron chi connectivity index (χ4n) is 1.06. The van der Waals surface area contributed by atoms with Crippen LogP contribution in [0.15, 0.2) is 22.7 Å². The molecule has 0 fully saturated rings. The van der Waals surface area contributed by atoms with Crippen molar-refractivity contribution in [1.29, 1.82) is 0 Å². The zero-order valence-corrected chi connectivity index (χ0v) is 10.0. The molecule has 4 nitrogen and oxygen atoms in total. The van der Waals surface area contributed by atoms with Gasteiger partial charge in [-0.1, -0.05) is 22.0 Å². The second kappa shape index (κ2) is 5.72. The molecule has 0 aliphatic carbocycles. The third-order valence-electron chi connectivity index (χ3n) is 1.90. The summed E-state index contributed by atoms with van der Waals surface area (Å²) in [4.78, 5) is 10.8. The molecule has 1 aromatic rings. The molecule has 0 aliphatic rings. The SMILES string of the molecule is Cc1ccc(Br)cc1OCCC(=O)NN. The Morgan fingerprint density at radius 1 is 1.60 bits per heavy atom. The Labute approximate surface area is 96.9 Å². The van der Waals surface area contributed by atoms with E-state index in [1.165, 1.54) is 0 Å². The van der Waals surface area contributed by atoms with Crippen LogP contribution < -0.4 is 16.0 Å². The van der Waals surface area contributed by atoms with E-state index < -0.39 is 0 Å². The van der Waals surface area contributed by atoms with E-state index in [0.29, 0.717) is 6.61 Å². The quantitative estimate of drug-likeness (QED) is 0.496. The largest absolute Gasteiger partial charge is 0.493 e. The number of hydrogen-bond acceptors (Lipinski definition) is 3. The third kappa shape index (κ3) is 3.89. The van der Waals surface area contributed by atoms with Crippen LogP contribution in [0.2, 0.25) is 0 Å². The minimum atomic E-state index is -0.234. The zero-order valence-electron chi connectivity index (χ0n) is 8.42. The van der Waals surface area contributed by atoms with Gasteiger partial charge in [0, 0.05) is 4.47 Å². The van der Waals surface area contributed by atoms with Crippen molar-refractivity contribution in [2.45, 2.75) is 13.3 Å². The highest BCUT2D eigenvalue weighted by Gasteiger charge is 2.02. The molecule has 82 valence electrons. The molecular weight excluding hydrogens is 260 g/mol. The van der Waals surface area contributed by atoms with Crippen molar-refractivity contribution in [2.24, 2.45) is 5.84 Å². The van der Waals surface area contributed by atoms with Gasteiger partial charge in [0.05, 0.1) is 13.0 Å². The number of halogens is 1. The summed E-state index contributed by atoms with van der Waals surface area (Å²) in [5, 5.41) is 0. The lowest BCUT2D eigenvalue weighted by Gasteiger charge is -2.08. The number of ether oxygens (including phenoxy) is 1. The highest BCUT2D eigenvalue weighted by Crippen LogP contribution is 2.22. The van der Waals surface area contributed by atoms with Crippen molar-refractivity contribution in [1.82, 2.24) is 5.43 Å². The monoisotopic (exact) mass is 272 g/mol. The number of carbonyl (C=O) groups is 1. The Morgan fingerprint density at radius 3 is 3.00 bits per heavy atom. The minimum absolute atomic E-state index is 0.234. The second-order valence-electron chi connectivity index (χ2n) is 3.08. The molecule has 15 heavy (non-hydrogen) atoms. The number of aryl methyl sites for hydroxylation is 1. The van der Waals surface area contributed by atoms with E-state index in [1.807, 2.05) is 30.5 Å². The number of nitrogens with one attached hydrogen (secondary N) is 1. The van der Waals surface area contributed by atoms with E-state index in [0.717, 1.165) is 15.8 Å². The lowest BCUT2D eigenvalue weighted by molar-refractivity contribution is -0.121. The van der Waals surface area contributed by atoms with Gasteiger partial charge in [0.1, 0.15) is 5.75 Å². The molecule has 5 heteroatoms. The van der Waals surface area contributed by atoms with Gasteiger partial charge in [-0.2, -0.15) is 0 Å². The summed E-state index contributed by atoms with van der Waals surface area (Å²) < 4.78 is 6.39. The van der Waals surface area contributed by atoms with Gasteiger partial charge in [-0.25, -0.2) is 5.84 Å². The molecule has 0 spiro atoms. The maximum Gasteiger partial charge on any atom is 0.237 e. The summed E-state index contributed by atoms with van der Waals surface area (Å²) in [5.74, 6) is 5.48. The average molecular weight is 273 g/mol. The zero-order chi connectivity index (χ0) is 11.3. The number of amides is 1. The van der Waals surface area contributed by atoms with Crippen LogP contribution >= 0.6 is 15.9 Å². The lowest BCUT2D eigenvalue weighted by atomic mass is 10.2. The Morgan fingerprint density at radius 2 is 2.33 bits per heavy atom. The van der Waals surface area contributed by atoms with Crippen molar-refractivity contribution in [3.05, 3.63) is 28.2 Å². The molecule has 0 bridgehead atoms. The molecule has 0 atom stereocenters. The predicted octanol–water partition coefficient (Wildman–Crippen LogP) is 1.52. The summed E-state index contributed by atoms with van der Waals surface area (Å²) in [6.07, 6.45) is 0.252. The molecule has 0 saturated carbocycles. The molecule has 1 rings (SSSR count). The van der Waals surface area contributed by atoms with Crippen molar-refractivity contribution in [3.8, 4) is 5.75 Å². The highest BCUT2D eigenvalue weighted by molar-refractivity contribution is 9.10. The Kier molecular flexibility index (Phi) is 4.58. The predicted molar refractivity (Wildman–Crippen MR) is 61.3 cm³/mol. The molecule has 3 N–H and O–H groups in total. The lowest BCUT2D eigenvalue weighted by Crippen LogP contribution is -2.31. The number of hydrogen-bond donors (Lipinski definition) is 2. The first-order valence-corrected chi connectivity index (χ1v) is 5.31. The normalized spacial score (nSPS) is 9.80. The number of hydrazine groups is 1. The van der Waals surface area contributed by atoms with Crippen molar-refractivity contribution >= 4 is 21.8 Å². The summed E-state index contributed by atoms with van der Waals surface area (Å²) in [5.41, 5.74) is 3.08. The second-order valence-corrected chi connectivity index (χ2v) is 3.99. The first kappa shape index (κ1) is 12.0. The third-order valence-corrected chi connectivity index (χ3v) is 2.39. The van der Waals surface area contributed by atoms with E-state index in [4.69, 9.17) is 10.6 Å². The van der Waals surface area contributed by atoms with Crippen molar-refractivity contribution in [2.75, 3.05) is 6.61 Å². The topological polar surface area (TPSA) is 64.3 Å². The van der Waals surface area contributed by atoms with Crippen LogP contribution in [0.3, 0.4) is 0 Å². The maximum atomic E-state index is 10.8. The van der Waals surface area contributed by atoms with Gasteiger partial charge in [0.25, 0.3) is 0 Å². The fourth-order valence-corrected chi connectivity index (χ4v) is 1.40. The molecule has 0 radical (unpaired) electrons. The number of nitrogens with two attached hydrogens (primary N) is 1. The molecular formula is C10H13BrN2O2. The first-order valence-electron chi connectivity index (χ1n) is 4.52. The van der Waals surface area contributed by atoms with Gasteiger partial charge >= 0.3 is 0 Å². The van der Waals surface area contributed by atoms with Crippen LogP contribution in [0.1, 0.15) is 12.0 Å². The molecule has 0 aliphatic heterocycles.